The summed E-state index contributed by atoms with van der Waals surface area (Å²) >= 11 is 0. The number of carbonyl (C=O) groups excluding carboxylic acids is 1. The first kappa shape index (κ1) is 23.3. The van der Waals surface area contributed by atoms with Gasteiger partial charge in [0, 0.05) is 41.9 Å². The van der Waals surface area contributed by atoms with Crippen LogP contribution in [0.2, 0.25) is 0 Å². The van der Waals surface area contributed by atoms with Gasteiger partial charge in [-0.1, -0.05) is 18.6 Å². The predicted molar refractivity (Wildman–Crippen MR) is 139 cm³/mol. The Bertz CT molecular complexity index is 1130. The molecule has 8 nitrogen and oxygen atoms in total. The van der Waals surface area contributed by atoms with Crippen molar-refractivity contribution in [2.75, 3.05) is 55.4 Å². The van der Waals surface area contributed by atoms with Crippen molar-refractivity contribution in [2.45, 2.75) is 25.3 Å². The summed E-state index contributed by atoms with van der Waals surface area (Å²) in [6, 6.07) is 17.9. The van der Waals surface area contributed by atoms with Crippen LogP contribution in [0.1, 0.15) is 19.3 Å². The van der Waals surface area contributed by atoms with Gasteiger partial charge in [-0.3, -0.25) is 9.69 Å². The smallest absolute Gasteiger partial charge is 0.241 e. The Balaban J connectivity index is 1.22. The van der Waals surface area contributed by atoms with Crippen molar-refractivity contribution in [1.29, 1.82) is 0 Å². The summed E-state index contributed by atoms with van der Waals surface area (Å²) in [6.07, 6.45) is 4.92. The number of likely N-dealkylation sites (tertiary alicyclic amines) is 1. The molecule has 1 amide bonds. The highest BCUT2D eigenvalue weighted by molar-refractivity contribution is 5.95. The number of ether oxygens (including phenoxy) is 1. The molecule has 1 unspecified atom stereocenters. The van der Waals surface area contributed by atoms with Gasteiger partial charge in [0.05, 0.1) is 24.9 Å². The third-order valence-electron chi connectivity index (χ3n) is 6.68. The fraction of sp³-hybridized carbons (Fsp3) is 0.370. The number of benzene rings is 2. The number of nitrogens with zero attached hydrogens (tertiary/aromatic N) is 4. The summed E-state index contributed by atoms with van der Waals surface area (Å²) in [5.41, 5.74) is 4.70. The fourth-order valence-corrected chi connectivity index (χ4v) is 4.64. The van der Waals surface area contributed by atoms with Gasteiger partial charge < -0.3 is 20.3 Å². The van der Waals surface area contributed by atoms with E-state index in [-0.39, 0.29) is 11.9 Å². The zero-order valence-electron chi connectivity index (χ0n) is 20.1. The summed E-state index contributed by atoms with van der Waals surface area (Å²) < 4.78 is 5.43. The van der Waals surface area contributed by atoms with E-state index in [9.17, 15) is 4.79 Å². The largest absolute Gasteiger partial charge is 0.378 e. The molecule has 8 heteroatoms. The molecule has 0 saturated carbocycles. The van der Waals surface area contributed by atoms with Gasteiger partial charge >= 0.3 is 0 Å². The van der Waals surface area contributed by atoms with Crippen LogP contribution in [0.4, 0.5) is 23.0 Å². The van der Waals surface area contributed by atoms with E-state index in [4.69, 9.17) is 4.74 Å². The van der Waals surface area contributed by atoms with Crippen LogP contribution in [0, 0.1) is 0 Å². The molecule has 0 aliphatic carbocycles. The molecule has 182 valence electrons. The SMILES string of the molecule is CN1CCCCC1C(=O)Nc1ccc(-c2ccnc(Nc3ccc(N4CCOCC4)cc3)n2)cc1. The molecule has 2 saturated heterocycles. The molecule has 5 rings (SSSR count). The standard InChI is InChI=1S/C27H32N6O2/c1-32-15-3-2-4-25(32)26(34)29-21-7-5-20(6-8-21)24-13-14-28-27(31-24)30-22-9-11-23(12-10-22)33-16-18-35-19-17-33/h5-14,25H,2-4,15-19H2,1H3,(H,29,34)(H,28,30,31). The van der Waals surface area contributed by atoms with Gasteiger partial charge in [-0.25, -0.2) is 9.97 Å². The highest BCUT2D eigenvalue weighted by Crippen LogP contribution is 2.24. The van der Waals surface area contributed by atoms with E-state index in [0.29, 0.717) is 5.95 Å². The zero-order valence-corrected chi connectivity index (χ0v) is 20.1. The molecule has 2 aromatic carbocycles. The lowest BCUT2D eigenvalue weighted by atomic mass is 10.0. The normalized spacial score (nSPS) is 18.8. The van der Waals surface area contributed by atoms with Gasteiger partial charge in [0.1, 0.15) is 0 Å². The molecule has 2 N–H and O–H groups in total. The number of aromatic nitrogens is 2. The summed E-state index contributed by atoms with van der Waals surface area (Å²) in [5, 5.41) is 6.35. The van der Waals surface area contributed by atoms with E-state index in [1.54, 1.807) is 6.20 Å². The minimum Gasteiger partial charge on any atom is -0.378 e. The Morgan fingerprint density at radius 1 is 0.943 bits per heavy atom. The average molecular weight is 473 g/mol. The van der Waals surface area contributed by atoms with Crippen molar-refractivity contribution in [1.82, 2.24) is 14.9 Å². The molecular formula is C27H32N6O2. The van der Waals surface area contributed by atoms with Crippen LogP contribution < -0.4 is 15.5 Å². The average Bonchev–Trinajstić information content (AvgIpc) is 2.90. The highest BCUT2D eigenvalue weighted by atomic mass is 16.5. The number of amides is 1. The topological polar surface area (TPSA) is 82.6 Å². The first-order chi connectivity index (χ1) is 17.2. The maximum Gasteiger partial charge on any atom is 0.241 e. The first-order valence-corrected chi connectivity index (χ1v) is 12.3. The second-order valence-electron chi connectivity index (χ2n) is 9.10. The predicted octanol–water partition coefficient (Wildman–Crippen LogP) is 4.15. The van der Waals surface area contributed by atoms with Crippen molar-refractivity contribution >= 4 is 28.9 Å². The van der Waals surface area contributed by atoms with Crippen molar-refractivity contribution in [3.63, 3.8) is 0 Å². The molecule has 2 aliphatic heterocycles. The van der Waals surface area contributed by atoms with Gasteiger partial charge in [0.25, 0.3) is 0 Å². The molecule has 3 heterocycles. The van der Waals surface area contributed by atoms with Crippen molar-refractivity contribution in [3.8, 4) is 11.3 Å². The zero-order chi connectivity index (χ0) is 24.0. The maximum atomic E-state index is 12.7. The van der Waals surface area contributed by atoms with Gasteiger partial charge in [0.2, 0.25) is 11.9 Å². The molecule has 2 fully saturated rings. The third kappa shape index (κ3) is 5.78. The van der Waals surface area contributed by atoms with Crippen molar-refractivity contribution < 1.29 is 9.53 Å². The number of carbonyl (C=O) groups is 1. The second kappa shape index (κ2) is 10.8. The van der Waals surface area contributed by atoms with E-state index in [0.717, 1.165) is 74.7 Å². The quantitative estimate of drug-likeness (QED) is 0.558. The Morgan fingerprint density at radius 2 is 1.69 bits per heavy atom. The van der Waals surface area contributed by atoms with Gasteiger partial charge in [-0.15, -0.1) is 0 Å². The Kier molecular flexibility index (Phi) is 7.20. The summed E-state index contributed by atoms with van der Waals surface area (Å²) in [6.45, 7) is 4.34. The highest BCUT2D eigenvalue weighted by Gasteiger charge is 2.25. The van der Waals surface area contributed by atoms with Crippen LogP contribution in [0.5, 0.6) is 0 Å². The maximum absolute atomic E-state index is 12.7. The van der Waals surface area contributed by atoms with E-state index in [1.807, 2.05) is 49.5 Å². The number of morpholine rings is 1. The molecule has 0 bridgehead atoms. The van der Waals surface area contributed by atoms with Crippen LogP contribution in [-0.4, -0.2) is 66.7 Å². The number of rotatable bonds is 6. The monoisotopic (exact) mass is 472 g/mol. The summed E-state index contributed by atoms with van der Waals surface area (Å²) in [7, 11) is 2.02. The number of hydrogen-bond donors (Lipinski definition) is 2. The van der Waals surface area contributed by atoms with E-state index in [2.05, 4.69) is 42.5 Å². The van der Waals surface area contributed by atoms with Crippen LogP contribution in [0.25, 0.3) is 11.3 Å². The molecule has 0 radical (unpaired) electrons. The lowest BCUT2D eigenvalue weighted by Crippen LogP contribution is -2.44. The van der Waals surface area contributed by atoms with Crippen molar-refractivity contribution in [2.24, 2.45) is 0 Å². The van der Waals surface area contributed by atoms with Crippen LogP contribution >= 0.6 is 0 Å². The molecule has 0 spiro atoms. The lowest BCUT2D eigenvalue weighted by Gasteiger charge is -2.31. The molecular weight excluding hydrogens is 440 g/mol. The molecule has 3 aromatic rings. The van der Waals surface area contributed by atoms with E-state index in [1.165, 1.54) is 5.69 Å². The van der Waals surface area contributed by atoms with Gasteiger partial charge in [-0.05, 0) is 68.9 Å². The number of nitrogens with one attached hydrogen (secondary N) is 2. The Morgan fingerprint density at radius 3 is 2.43 bits per heavy atom. The molecule has 35 heavy (non-hydrogen) atoms. The van der Waals surface area contributed by atoms with Gasteiger partial charge in [0.15, 0.2) is 0 Å². The summed E-state index contributed by atoms with van der Waals surface area (Å²) in [5.74, 6) is 0.604. The van der Waals surface area contributed by atoms with E-state index >= 15 is 0 Å². The number of anilines is 4. The molecule has 1 atom stereocenters. The van der Waals surface area contributed by atoms with Crippen LogP contribution in [-0.2, 0) is 9.53 Å². The number of hydrogen-bond acceptors (Lipinski definition) is 7. The number of piperidine rings is 1. The van der Waals surface area contributed by atoms with Crippen LogP contribution in [0.15, 0.2) is 60.8 Å². The number of likely N-dealkylation sites (N-methyl/N-ethyl adjacent to an activating group) is 1. The minimum absolute atomic E-state index is 0.0538. The van der Waals surface area contributed by atoms with Crippen LogP contribution in [0.3, 0.4) is 0 Å². The molecule has 2 aliphatic rings. The Labute approximate surface area is 206 Å². The third-order valence-corrected chi connectivity index (χ3v) is 6.68. The van der Waals surface area contributed by atoms with Gasteiger partial charge in [-0.2, -0.15) is 0 Å². The summed E-state index contributed by atoms with van der Waals surface area (Å²) in [4.78, 5) is 26.2. The van der Waals surface area contributed by atoms with Crippen molar-refractivity contribution in [3.05, 3.63) is 60.8 Å². The Hall–Kier alpha value is -3.49. The molecule has 1 aromatic heterocycles. The lowest BCUT2D eigenvalue weighted by molar-refractivity contribution is -0.121. The fourth-order valence-electron chi connectivity index (χ4n) is 4.64. The van der Waals surface area contributed by atoms with E-state index < -0.39 is 0 Å². The first-order valence-electron chi connectivity index (χ1n) is 12.3. The second-order valence-corrected chi connectivity index (χ2v) is 9.10. The minimum atomic E-state index is -0.0538.